The van der Waals surface area contributed by atoms with E-state index in [1.165, 1.54) is 7.11 Å². The Kier molecular flexibility index (Phi) is 3.66. The van der Waals surface area contributed by atoms with Gasteiger partial charge in [0.25, 0.3) is 0 Å². The summed E-state index contributed by atoms with van der Waals surface area (Å²) in [6.45, 7) is 1.83. The van der Waals surface area contributed by atoms with Crippen LogP contribution in [0.15, 0.2) is 22.7 Å². The largest absolute Gasteiger partial charge is 0.467 e. The zero-order valence-electron chi connectivity index (χ0n) is 7.95. The fourth-order valence-corrected chi connectivity index (χ4v) is 1.90. The van der Waals surface area contributed by atoms with Gasteiger partial charge < -0.3 is 9.84 Å². The summed E-state index contributed by atoms with van der Waals surface area (Å²) in [7, 11) is 1.25. The number of benzene rings is 1. The van der Waals surface area contributed by atoms with Crippen molar-refractivity contribution in [1.82, 2.24) is 0 Å². The van der Waals surface area contributed by atoms with Crippen LogP contribution < -0.4 is 0 Å². The van der Waals surface area contributed by atoms with Gasteiger partial charge in [0.05, 0.1) is 7.11 Å². The summed E-state index contributed by atoms with van der Waals surface area (Å²) in [4.78, 5) is 11.1. The maximum atomic E-state index is 11.1. The van der Waals surface area contributed by atoms with E-state index < -0.39 is 12.1 Å². The van der Waals surface area contributed by atoms with Crippen LogP contribution in [0.25, 0.3) is 0 Å². The molecule has 0 radical (unpaired) electrons. The van der Waals surface area contributed by atoms with Crippen molar-refractivity contribution in [3.05, 3.63) is 33.8 Å². The lowest BCUT2D eigenvalue weighted by atomic mass is 10.0. The first-order chi connectivity index (χ1) is 6.57. The molecule has 0 saturated heterocycles. The number of carbonyl (C=O) groups excluding carboxylic acids is 1. The number of hydrogen-bond acceptors (Lipinski definition) is 3. The van der Waals surface area contributed by atoms with Crippen molar-refractivity contribution < 1.29 is 14.6 Å². The van der Waals surface area contributed by atoms with E-state index in [4.69, 9.17) is 0 Å². The molecular formula is C10H11BrO3. The zero-order chi connectivity index (χ0) is 10.7. The maximum absolute atomic E-state index is 11.1. The van der Waals surface area contributed by atoms with Crippen LogP contribution in [0, 0.1) is 6.92 Å². The Balaban J connectivity index is 3.11. The number of hydrogen-bond donors (Lipinski definition) is 1. The lowest BCUT2D eigenvalue weighted by molar-refractivity contribution is -0.150. The van der Waals surface area contributed by atoms with E-state index in [0.717, 1.165) is 5.56 Å². The van der Waals surface area contributed by atoms with Gasteiger partial charge in [0.15, 0.2) is 6.10 Å². The minimum atomic E-state index is -1.23. The molecule has 1 aromatic rings. The molecule has 0 aliphatic carbocycles. The molecule has 0 bridgehead atoms. The van der Waals surface area contributed by atoms with Crippen LogP contribution in [-0.2, 0) is 9.53 Å². The van der Waals surface area contributed by atoms with Gasteiger partial charge in [-0.15, -0.1) is 0 Å². The monoisotopic (exact) mass is 258 g/mol. The van der Waals surface area contributed by atoms with Gasteiger partial charge in [-0.1, -0.05) is 28.1 Å². The summed E-state index contributed by atoms with van der Waals surface area (Å²) in [6.07, 6.45) is -1.23. The van der Waals surface area contributed by atoms with Gasteiger partial charge in [-0.3, -0.25) is 0 Å². The van der Waals surface area contributed by atoms with Crippen LogP contribution >= 0.6 is 15.9 Å². The quantitative estimate of drug-likeness (QED) is 0.826. The number of aliphatic hydroxyl groups excluding tert-OH is 1. The first-order valence-electron chi connectivity index (χ1n) is 4.09. The SMILES string of the molecule is COC(=O)C(O)c1c(C)cccc1Br. The summed E-state index contributed by atoms with van der Waals surface area (Å²) in [5.41, 5.74) is 1.40. The molecule has 1 N–H and O–H groups in total. The topological polar surface area (TPSA) is 46.5 Å². The number of aryl methyl sites for hydroxylation is 1. The van der Waals surface area contributed by atoms with E-state index in [-0.39, 0.29) is 0 Å². The van der Waals surface area contributed by atoms with E-state index in [1.807, 2.05) is 19.1 Å². The minimum absolute atomic E-state index is 0.555. The van der Waals surface area contributed by atoms with Gasteiger partial charge in [0.1, 0.15) is 0 Å². The van der Waals surface area contributed by atoms with Crippen molar-refractivity contribution in [2.45, 2.75) is 13.0 Å². The second kappa shape index (κ2) is 4.57. The Hall–Kier alpha value is -0.870. The third kappa shape index (κ3) is 2.13. The molecule has 0 amide bonds. The van der Waals surface area contributed by atoms with Gasteiger partial charge in [-0.25, -0.2) is 4.79 Å². The molecule has 4 heteroatoms. The van der Waals surface area contributed by atoms with Crippen molar-refractivity contribution >= 4 is 21.9 Å². The Morgan fingerprint density at radius 1 is 1.57 bits per heavy atom. The van der Waals surface area contributed by atoms with Crippen molar-refractivity contribution in [3.8, 4) is 0 Å². The van der Waals surface area contributed by atoms with E-state index in [1.54, 1.807) is 6.07 Å². The summed E-state index contributed by atoms with van der Waals surface area (Å²) >= 11 is 3.28. The Bertz CT molecular complexity index is 329. The predicted octanol–water partition coefficient (Wildman–Crippen LogP) is 1.96. The molecule has 1 atom stereocenters. The molecule has 76 valence electrons. The van der Waals surface area contributed by atoms with Crippen LogP contribution in [-0.4, -0.2) is 18.2 Å². The van der Waals surface area contributed by atoms with Gasteiger partial charge >= 0.3 is 5.97 Å². The smallest absolute Gasteiger partial charge is 0.339 e. The highest BCUT2D eigenvalue weighted by Gasteiger charge is 2.21. The summed E-state index contributed by atoms with van der Waals surface area (Å²) in [5, 5.41) is 9.65. The molecule has 1 aromatic carbocycles. The van der Waals surface area contributed by atoms with Gasteiger partial charge in [-0.2, -0.15) is 0 Å². The minimum Gasteiger partial charge on any atom is -0.467 e. The van der Waals surface area contributed by atoms with Crippen LogP contribution in [0.1, 0.15) is 17.2 Å². The number of aliphatic hydroxyl groups is 1. The van der Waals surface area contributed by atoms with Crippen molar-refractivity contribution in [1.29, 1.82) is 0 Å². The Morgan fingerprint density at radius 2 is 2.21 bits per heavy atom. The number of methoxy groups -OCH3 is 1. The second-order valence-electron chi connectivity index (χ2n) is 2.90. The number of halogens is 1. The maximum Gasteiger partial charge on any atom is 0.339 e. The van der Waals surface area contributed by atoms with Crippen LogP contribution in [0.4, 0.5) is 0 Å². The number of rotatable bonds is 2. The first kappa shape index (κ1) is 11.2. The Morgan fingerprint density at radius 3 is 2.71 bits per heavy atom. The highest BCUT2D eigenvalue weighted by molar-refractivity contribution is 9.10. The molecule has 1 rings (SSSR count). The van der Waals surface area contributed by atoms with Crippen LogP contribution in [0.5, 0.6) is 0 Å². The molecule has 1 unspecified atom stereocenters. The predicted molar refractivity (Wildman–Crippen MR) is 55.9 cm³/mol. The molecule has 0 aliphatic rings. The molecule has 0 aliphatic heterocycles. The average Bonchev–Trinajstić information content (AvgIpc) is 2.16. The molecule has 0 heterocycles. The molecule has 0 spiro atoms. The molecule has 0 saturated carbocycles. The average molecular weight is 259 g/mol. The Labute approximate surface area is 90.8 Å². The molecule has 0 aromatic heterocycles. The van der Waals surface area contributed by atoms with Crippen LogP contribution in [0.3, 0.4) is 0 Å². The highest BCUT2D eigenvalue weighted by atomic mass is 79.9. The molecular weight excluding hydrogens is 248 g/mol. The molecule has 14 heavy (non-hydrogen) atoms. The van der Waals surface area contributed by atoms with Gasteiger partial charge in [0.2, 0.25) is 0 Å². The second-order valence-corrected chi connectivity index (χ2v) is 3.75. The zero-order valence-corrected chi connectivity index (χ0v) is 9.54. The van der Waals surface area contributed by atoms with Crippen molar-refractivity contribution in [3.63, 3.8) is 0 Å². The van der Waals surface area contributed by atoms with Crippen molar-refractivity contribution in [2.75, 3.05) is 7.11 Å². The summed E-state index contributed by atoms with van der Waals surface area (Å²) in [6, 6.07) is 5.44. The van der Waals surface area contributed by atoms with E-state index in [9.17, 15) is 9.90 Å². The summed E-state index contributed by atoms with van der Waals surface area (Å²) < 4.78 is 5.17. The lowest BCUT2D eigenvalue weighted by Crippen LogP contribution is -2.15. The first-order valence-corrected chi connectivity index (χ1v) is 4.88. The van der Waals surface area contributed by atoms with E-state index in [2.05, 4.69) is 20.7 Å². The normalized spacial score (nSPS) is 12.3. The lowest BCUT2D eigenvalue weighted by Gasteiger charge is -2.13. The van der Waals surface area contributed by atoms with E-state index >= 15 is 0 Å². The summed E-state index contributed by atoms with van der Waals surface area (Å²) in [5.74, 6) is -0.653. The number of esters is 1. The van der Waals surface area contributed by atoms with Crippen LogP contribution in [0.2, 0.25) is 0 Å². The third-order valence-corrected chi connectivity index (χ3v) is 2.66. The van der Waals surface area contributed by atoms with Gasteiger partial charge in [0, 0.05) is 10.0 Å². The highest BCUT2D eigenvalue weighted by Crippen LogP contribution is 2.27. The fourth-order valence-electron chi connectivity index (χ4n) is 1.22. The standard InChI is InChI=1S/C10H11BrO3/c1-6-4-3-5-7(11)8(6)9(12)10(13)14-2/h3-5,9,12H,1-2H3. The van der Waals surface area contributed by atoms with Crippen molar-refractivity contribution in [2.24, 2.45) is 0 Å². The number of carbonyl (C=O) groups is 1. The van der Waals surface area contributed by atoms with Gasteiger partial charge in [-0.05, 0) is 18.6 Å². The van der Waals surface area contributed by atoms with E-state index in [0.29, 0.717) is 10.0 Å². The molecule has 0 fully saturated rings. The number of ether oxygens (including phenoxy) is 1. The fraction of sp³-hybridized carbons (Fsp3) is 0.300. The molecule has 3 nitrogen and oxygen atoms in total. The third-order valence-electron chi connectivity index (χ3n) is 1.97.